The van der Waals surface area contributed by atoms with Crippen molar-refractivity contribution in [3.8, 4) is 0 Å². The lowest BCUT2D eigenvalue weighted by atomic mass is 10.1. The van der Waals surface area contributed by atoms with Gasteiger partial charge in [0.25, 0.3) is 0 Å². The van der Waals surface area contributed by atoms with Gasteiger partial charge in [0.1, 0.15) is 0 Å². The van der Waals surface area contributed by atoms with Crippen LogP contribution >= 0.6 is 11.6 Å². The minimum Gasteiger partial charge on any atom is -0.294 e. The Kier molecular flexibility index (Phi) is 2.85. The van der Waals surface area contributed by atoms with Crippen LogP contribution in [0.25, 0.3) is 0 Å². The van der Waals surface area contributed by atoms with E-state index in [9.17, 15) is 18.0 Å². The first-order valence-electron chi connectivity index (χ1n) is 3.55. The Morgan fingerprint density at radius 2 is 1.93 bits per heavy atom. The van der Waals surface area contributed by atoms with Crippen molar-refractivity contribution in [2.45, 2.75) is 6.18 Å². The number of alkyl halides is 3. The smallest absolute Gasteiger partial charge is 0.294 e. The summed E-state index contributed by atoms with van der Waals surface area (Å²) in [6.45, 7) is 3.06. The largest absolute Gasteiger partial charge is 0.416 e. The molecule has 0 aliphatic carbocycles. The third kappa shape index (κ3) is 2.26. The van der Waals surface area contributed by atoms with E-state index in [1.165, 1.54) is 0 Å². The summed E-state index contributed by atoms with van der Waals surface area (Å²) >= 11 is 5.47. The Labute approximate surface area is 83.5 Å². The first-order valence-corrected chi connectivity index (χ1v) is 3.93. The molecule has 0 unspecified atom stereocenters. The molecule has 1 radical (unpaired) electrons. The van der Waals surface area contributed by atoms with Crippen LogP contribution in [0.15, 0.2) is 18.2 Å². The molecule has 0 saturated heterocycles. The molecule has 0 atom stereocenters. The molecule has 14 heavy (non-hydrogen) atoms. The van der Waals surface area contributed by atoms with Gasteiger partial charge in [-0.25, -0.2) is 0 Å². The van der Waals surface area contributed by atoms with Crippen LogP contribution in [-0.2, 0) is 6.18 Å². The van der Waals surface area contributed by atoms with Crippen LogP contribution in [0.5, 0.6) is 0 Å². The lowest BCUT2D eigenvalue weighted by molar-refractivity contribution is -0.137. The summed E-state index contributed by atoms with van der Waals surface area (Å²) in [6.07, 6.45) is -4.45. The molecule has 0 bridgehead atoms. The van der Waals surface area contributed by atoms with E-state index in [0.29, 0.717) is 6.07 Å². The maximum Gasteiger partial charge on any atom is 0.416 e. The molecule has 75 valence electrons. The average Bonchev–Trinajstić information content (AvgIpc) is 2.01. The molecule has 1 aromatic rings. The van der Waals surface area contributed by atoms with Crippen molar-refractivity contribution in [3.05, 3.63) is 41.3 Å². The van der Waals surface area contributed by atoms with Crippen molar-refractivity contribution in [1.82, 2.24) is 0 Å². The van der Waals surface area contributed by atoms with E-state index in [4.69, 9.17) is 11.6 Å². The number of benzene rings is 1. The molecule has 0 aliphatic heterocycles. The second-order valence-corrected chi connectivity index (χ2v) is 3.02. The molecule has 0 fully saturated rings. The molecule has 0 N–H and O–H groups in total. The summed E-state index contributed by atoms with van der Waals surface area (Å²) in [6, 6.07) is 2.52. The Balaban J connectivity index is 3.20. The van der Waals surface area contributed by atoms with Gasteiger partial charge in [0.15, 0.2) is 5.78 Å². The van der Waals surface area contributed by atoms with Crippen LogP contribution in [-0.4, -0.2) is 5.78 Å². The molecular formula is C9H5ClF3O. The zero-order valence-electron chi connectivity index (χ0n) is 6.86. The minimum atomic E-state index is -4.45. The maximum absolute atomic E-state index is 12.1. The zero-order chi connectivity index (χ0) is 10.9. The number of Topliss-reactive ketones (excluding diaryl/α,β-unsaturated/α-hetero) is 1. The predicted octanol–water partition coefficient (Wildman–Crippen LogP) is 3.38. The van der Waals surface area contributed by atoms with Crippen LogP contribution in [0, 0.1) is 6.92 Å². The van der Waals surface area contributed by atoms with Crippen molar-refractivity contribution in [3.63, 3.8) is 0 Å². The number of ketones is 1. The summed E-state index contributed by atoms with van der Waals surface area (Å²) in [5, 5.41) is -0.236. The lowest BCUT2D eigenvalue weighted by Gasteiger charge is -2.07. The number of halogens is 4. The number of carbonyl (C=O) groups is 1. The lowest BCUT2D eigenvalue weighted by Crippen LogP contribution is -2.06. The van der Waals surface area contributed by atoms with E-state index in [1.54, 1.807) is 0 Å². The van der Waals surface area contributed by atoms with Crippen LogP contribution in [0.2, 0.25) is 5.02 Å². The van der Waals surface area contributed by atoms with Crippen LogP contribution in [0.4, 0.5) is 13.2 Å². The number of rotatable bonds is 1. The quantitative estimate of drug-likeness (QED) is 0.665. The number of carbonyl (C=O) groups excluding carboxylic acids is 1. The van der Waals surface area contributed by atoms with Gasteiger partial charge in [-0.1, -0.05) is 11.6 Å². The van der Waals surface area contributed by atoms with Crippen molar-refractivity contribution >= 4 is 17.4 Å². The average molecular weight is 222 g/mol. The molecule has 0 aliphatic rings. The standard InChI is InChI=1S/C9H5ClF3O/c1-5(14)7-3-2-6(4-8(7)10)9(11,12)13/h2-4H,1H2. The molecule has 5 heteroatoms. The van der Waals surface area contributed by atoms with Crippen molar-refractivity contribution in [1.29, 1.82) is 0 Å². The van der Waals surface area contributed by atoms with E-state index in [1.807, 2.05) is 0 Å². The summed E-state index contributed by atoms with van der Waals surface area (Å²) in [4.78, 5) is 10.8. The summed E-state index contributed by atoms with van der Waals surface area (Å²) in [5.41, 5.74) is -0.896. The highest BCUT2D eigenvalue weighted by Crippen LogP contribution is 2.32. The fourth-order valence-corrected chi connectivity index (χ4v) is 1.20. The molecule has 0 amide bonds. The van der Waals surface area contributed by atoms with Crippen molar-refractivity contribution in [2.75, 3.05) is 0 Å². The van der Waals surface area contributed by atoms with Crippen LogP contribution in [0.3, 0.4) is 0 Å². The second-order valence-electron chi connectivity index (χ2n) is 2.62. The van der Waals surface area contributed by atoms with Gasteiger partial charge in [0, 0.05) is 12.5 Å². The van der Waals surface area contributed by atoms with Crippen molar-refractivity contribution in [2.24, 2.45) is 0 Å². The summed E-state index contributed by atoms with van der Waals surface area (Å²) in [7, 11) is 0. The van der Waals surface area contributed by atoms with E-state index in [0.717, 1.165) is 12.1 Å². The molecule has 1 rings (SSSR count). The summed E-state index contributed by atoms with van der Waals surface area (Å²) < 4.78 is 36.4. The fourth-order valence-electron chi connectivity index (χ4n) is 0.918. The third-order valence-electron chi connectivity index (χ3n) is 1.60. The predicted molar refractivity (Wildman–Crippen MR) is 46.1 cm³/mol. The Morgan fingerprint density at radius 1 is 1.36 bits per heavy atom. The third-order valence-corrected chi connectivity index (χ3v) is 1.91. The molecule has 0 aromatic heterocycles. The summed E-state index contributed by atoms with van der Waals surface area (Å²) in [5.74, 6) is -0.608. The monoisotopic (exact) mass is 221 g/mol. The molecule has 0 heterocycles. The van der Waals surface area contributed by atoms with Crippen molar-refractivity contribution < 1.29 is 18.0 Å². The van der Waals surface area contributed by atoms with E-state index in [-0.39, 0.29) is 10.6 Å². The van der Waals surface area contributed by atoms with Gasteiger partial charge in [0.05, 0.1) is 10.6 Å². The molecular weight excluding hydrogens is 217 g/mol. The SMILES string of the molecule is [CH2]C(=O)c1ccc(C(F)(F)F)cc1Cl. The number of hydrogen-bond donors (Lipinski definition) is 0. The fraction of sp³-hybridized carbons (Fsp3) is 0.111. The van der Waals surface area contributed by atoms with Gasteiger partial charge in [0.2, 0.25) is 0 Å². The van der Waals surface area contributed by atoms with Gasteiger partial charge < -0.3 is 0 Å². The van der Waals surface area contributed by atoms with E-state index < -0.39 is 17.5 Å². The first-order chi connectivity index (χ1) is 6.32. The van der Waals surface area contributed by atoms with Gasteiger partial charge in [-0.2, -0.15) is 13.2 Å². The van der Waals surface area contributed by atoms with E-state index >= 15 is 0 Å². The Bertz CT molecular complexity index is 371. The second kappa shape index (κ2) is 3.61. The van der Waals surface area contributed by atoms with Crippen LogP contribution in [0.1, 0.15) is 15.9 Å². The number of hydrogen-bond acceptors (Lipinski definition) is 1. The topological polar surface area (TPSA) is 17.1 Å². The Morgan fingerprint density at radius 3 is 2.29 bits per heavy atom. The first kappa shape index (κ1) is 11.0. The highest BCUT2D eigenvalue weighted by molar-refractivity contribution is 6.34. The normalized spacial score (nSPS) is 11.5. The molecule has 0 spiro atoms. The van der Waals surface area contributed by atoms with Gasteiger partial charge in [-0.3, -0.25) is 4.79 Å². The van der Waals surface area contributed by atoms with Crippen LogP contribution < -0.4 is 0 Å². The molecule has 1 nitrogen and oxygen atoms in total. The van der Waals surface area contributed by atoms with Gasteiger partial charge in [-0.05, 0) is 18.2 Å². The van der Waals surface area contributed by atoms with Gasteiger partial charge in [-0.15, -0.1) is 0 Å². The maximum atomic E-state index is 12.1. The molecule has 0 saturated carbocycles. The van der Waals surface area contributed by atoms with E-state index in [2.05, 4.69) is 6.92 Å². The van der Waals surface area contributed by atoms with Gasteiger partial charge >= 0.3 is 6.18 Å². The highest BCUT2D eigenvalue weighted by Gasteiger charge is 2.31. The minimum absolute atomic E-state index is 0.0142. The highest BCUT2D eigenvalue weighted by atomic mass is 35.5. The molecule has 1 aromatic carbocycles. The zero-order valence-corrected chi connectivity index (χ0v) is 7.62. The Hall–Kier alpha value is -1.03.